The zero-order valence-electron chi connectivity index (χ0n) is 12.0. The van der Waals surface area contributed by atoms with Crippen LogP contribution in [0.15, 0.2) is 42.5 Å². The van der Waals surface area contributed by atoms with Gasteiger partial charge in [0.15, 0.2) is 0 Å². The van der Waals surface area contributed by atoms with Crippen molar-refractivity contribution < 1.29 is 4.79 Å². The van der Waals surface area contributed by atoms with Gasteiger partial charge in [-0.3, -0.25) is 4.79 Å². The second-order valence-corrected chi connectivity index (χ2v) is 5.70. The number of carbonyl (C=O) groups is 1. The number of hydrogen-bond acceptors (Lipinski definition) is 3. The third-order valence-corrected chi connectivity index (χ3v) is 3.92. The lowest BCUT2D eigenvalue weighted by Gasteiger charge is -2.34. The second kappa shape index (κ2) is 5.70. The number of amides is 1. The Kier molecular flexibility index (Phi) is 3.74. The van der Waals surface area contributed by atoms with Crippen LogP contribution in [0.1, 0.15) is 18.1 Å². The predicted octanol–water partition coefficient (Wildman–Crippen LogP) is 3.56. The van der Waals surface area contributed by atoms with E-state index in [9.17, 15) is 4.79 Å². The summed E-state index contributed by atoms with van der Waals surface area (Å²) in [5.41, 5.74) is 3.25. The quantitative estimate of drug-likeness (QED) is 0.922. The molecular weight excluding hydrogens is 298 g/mol. The van der Waals surface area contributed by atoms with Crippen molar-refractivity contribution in [2.75, 3.05) is 10.2 Å². The number of benzene rings is 2. The van der Waals surface area contributed by atoms with Gasteiger partial charge >= 0.3 is 0 Å². The summed E-state index contributed by atoms with van der Waals surface area (Å²) in [5, 5.41) is 12.6. The number of nitriles is 1. The molecule has 1 aliphatic rings. The third kappa shape index (κ3) is 2.63. The highest BCUT2D eigenvalue weighted by atomic mass is 35.5. The first-order valence-corrected chi connectivity index (χ1v) is 7.33. The average molecular weight is 312 g/mol. The molecule has 0 fully saturated rings. The summed E-state index contributed by atoms with van der Waals surface area (Å²) in [6.45, 7) is 2.29. The van der Waals surface area contributed by atoms with Crippen LogP contribution >= 0.6 is 11.6 Å². The first-order chi connectivity index (χ1) is 10.6. The van der Waals surface area contributed by atoms with Gasteiger partial charge in [-0.05, 0) is 42.8 Å². The Morgan fingerprint density at radius 2 is 2.00 bits per heavy atom. The van der Waals surface area contributed by atoms with Crippen LogP contribution in [0.2, 0.25) is 5.02 Å². The lowest BCUT2D eigenvalue weighted by molar-refractivity contribution is -0.119. The topological polar surface area (TPSA) is 56.1 Å². The van der Waals surface area contributed by atoms with Crippen molar-refractivity contribution in [1.82, 2.24) is 0 Å². The van der Waals surface area contributed by atoms with Crippen molar-refractivity contribution in [2.45, 2.75) is 19.5 Å². The second-order valence-electron chi connectivity index (χ2n) is 5.26. The van der Waals surface area contributed by atoms with Crippen LogP contribution in [0.5, 0.6) is 0 Å². The lowest BCUT2D eigenvalue weighted by Crippen LogP contribution is -2.45. The normalized spacial score (nSPS) is 16.7. The Balaban J connectivity index is 1.95. The molecule has 22 heavy (non-hydrogen) atoms. The largest absolute Gasteiger partial charge is 0.372 e. The summed E-state index contributed by atoms with van der Waals surface area (Å²) in [5.74, 6) is 0.0131. The average Bonchev–Trinajstić information content (AvgIpc) is 2.52. The number of carbonyl (C=O) groups excluding carboxylic acids is 1. The predicted molar refractivity (Wildman–Crippen MR) is 86.9 cm³/mol. The Morgan fingerprint density at radius 1 is 1.27 bits per heavy atom. The fourth-order valence-corrected chi connectivity index (χ4v) is 2.71. The zero-order chi connectivity index (χ0) is 15.7. The van der Waals surface area contributed by atoms with Crippen LogP contribution in [0, 0.1) is 11.3 Å². The van der Waals surface area contributed by atoms with Crippen LogP contribution in [-0.4, -0.2) is 11.9 Å². The summed E-state index contributed by atoms with van der Waals surface area (Å²) in [7, 11) is 0. The molecule has 5 heteroatoms. The van der Waals surface area contributed by atoms with Gasteiger partial charge in [-0.15, -0.1) is 0 Å². The van der Waals surface area contributed by atoms with Crippen LogP contribution in [0.4, 0.5) is 11.4 Å². The van der Waals surface area contributed by atoms with Gasteiger partial charge in [0.1, 0.15) is 6.04 Å². The molecule has 1 unspecified atom stereocenters. The zero-order valence-corrected chi connectivity index (χ0v) is 12.8. The number of nitrogens with zero attached hydrogens (tertiary/aromatic N) is 2. The van der Waals surface area contributed by atoms with Gasteiger partial charge < -0.3 is 10.2 Å². The van der Waals surface area contributed by atoms with Gasteiger partial charge in [-0.2, -0.15) is 5.26 Å². The summed E-state index contributed by atoms with van der Waals surface area (Å²) in [6, 6.07) is 14.5. The Hall–Kier alpha value is -2.51. The van der Waals surface area contributed by atoms with Crippen LogP contribution in [0.3, 0.4) is 0 Å². The van der Waals surface area contributed by atoms with E-state index in [0.29, 0.717) is 17.1 Å². The van der Waals surface area contributed by atoms with E-state index in [4.69, 9.17) is 16.9 Å². The fourth-order valence-electron chi connectivity index (χ4n) is 2.54. The number of hydrogen-bond donors (Lipinski definition) is 1. The highest BCUT2D eigenvalue weighted by molar-refractivity contribution is 6.31. The minimum absolute atomic E-state index is 0.0131. The molecule has 1 amide bonds. The lowest BCUT2D eigenvalue weighted by atomic mass is 10.1. The van der Waals surface area contributed by atoms with E-state index in [2.05, 4.69) is 11.4 Å². The van der Waals surface area contributed by atoms with Crippen molar-refractivity contribution >= 4 is 28.9 Å². The Morgan fingerprint density at radius 3 is 2.68 bits per heavy atom. The van der Waals surface area contributed by atoms with Gasteiger partial charge in [0, 0.05) is 5.02 Å². The summed E-state index contributed by atoms with van der Waals surface area (Å²) in [6.07, 6.45) is 0. The molecule has 0 bridgehead atoms. The smallest absolute Gasteiger partial charge is 0.249 e. The molecule has 0 aromatic heterocycles. The van der Waals surface area contributed by atoms with E-state index in [-0.39, 0.29) is 11.9 Å². The molecule has 110 valence electrons. The summed E-state index contributed by atoms with van der Waals surface area (Å²) in [4.78, 5) is 14.2. The van der Waals surface area contributed by atoms with E-state index in [1.54, 1.807) is 23.1 Å². The van der Waals surface area contributed by atoms with Gasteiger partial charge in [0.2, 0.25) is 5.91 Å². The molecule has 1 aliphatic heterocycles. The third-order valence-electron chi connectivity index (χ3n) is 3.68. The standard InChI is InChI=1S/C17H14ClN3O/c1-11-17(22)21(10-13-4-2-12(9-19)3-5-13)16-7-6-14(18)8-15(16)20-11/h2-8,11,20H,10H2,1H3. The minimum Gasteiger partial charge on any atom is -0.372 e. The minimum atomic E-state index is -0.302. The van der Waals surface area contributed by atoms with Crippen molar-refractivity contribution in [3.63, 3.8) is 0 Å². The maximum atomic E-state index is 12.5. The highest BCUT2D eigenvalue weighted by Crippen LogP contribution is 2.34. The molecule has 3 rings (SSSR count). The molecule has 0 spiro atoms. The van der Waals surface area contributed by atoms with Crippen LogP contribution in [-0.2, 0) is 11.3 Å². The molecular formula is C17H14ClN3O. The van der Waals surface area contributed by atoms with E-state index >= 15 is 0 Å². The number of nitrogens with one attached hydrogen (secondary N) is 1. The summed E-state index contributed by atoms with van der Waals surface area (Å²) < 4.78 is 0. The van der Waals surface area contributed by atoms with Gasteiger partial charge in [-0.25, -0.2) is 0 Å². The maximum Gasteiger partial charge on any atom is 0.249 e. The van der Waals surface area contributed by atoms with Gasteiger partial charge in [-0.1, -0.05) is 23.7 Å². The molecule has 0 aliphatic carbocycles. The molecule has 2 aromatic carbocycles. The Bertz CT molecular complexity index is 764. The van der Waals surface area contributed by atoms with Crippen LogP contribution in [0.25, 0.3) is 0 Å². The number of halogens is 1. The van der Waals surface area contributed by atoms with Crippen molar-refractivity contribution in [1.29, 1.82) is 5.26 Å². The Labute approximate surface area is 133 Å². The maximum absolute atomic E-state index is 12.5. The molecule has 0 saturated carbocycles. The van der Waals surface area contributed by atoms with Gasteiger partial charge in [0.25, 0.3) is 0 Å². The fraction of sp³-hybridized carbons (Fsp3) is 0.176. The van der Waals surface area contributed by atoms with E-state index < -0.39 is 0 Å². The molecule has 0 saturated heterocycles. The van der Waals surface area contributed by atoms with Crippen molar-refractivity contribution in [3.05, 3.63) is 58.6 Å². The number of anilines is 2. The number of rotatable bonds is 2. The molecule has 1 N–H and O–H groups in total. The first-order valence-electron chi connectivity index (χ1n) is 6.95. The molecule has 2 aromatic rings. The monoisotopic (exact) mass is 311 g/mol. The van der Waals surface area contributed by atoms with Gasteiger partial charge in [0.05, 0.1) is 29.6 Å². The summed E-state index contributed by atoms with van der Waals surface area (Å²) >= 11 is 6.03. The highest BCUT2D eigenvalue weighted by Gasteiger charge is 2.29. The van der Waals surface area contributed by atoms with Crippen LogP contribution < -0.4 is 10.2 Å². The number of fused-ring (bicyclic) bond motifs is 1. The van der Waals surface area contributed by atoms with E-state index in [0.717, 1.165) is 16.9 Å². The molecule has 4 nitrogen and oxygen atoms in total. The van der Waals surface area contributed by atoms with E-state index in [1.165, 1.54) is 0 Å². The van der Waals surface area contributed by atoms with Crippen molar-refractivity contribution in [2.24, 2.45) is 0 Å². The first kappa shape index (κ1) is 14.4. The van der Waals surface area contributed by atoms with Crippen molar-refractivity contribution in [3.8, 4) is 6.07 Å². The molecule has 1 atom stereocenters. The molecule has 0 radical (unpaired) electrons. The molecule has 1 heterocycles. The SMILES string of the molecule is CC1Nc2cc(Cl)ccc2N(Cc2ccc(C#N)cc2)C1=O. The van der Waals surface area contributed by atoms with E-state index in [1.807, 2.05) is 31.2 Å².